The molecule has 46 heavy (non-hydrogen) atoms. The fourth-order valence-corrected chi connectivity index (χ4v) is 5.57. The lowest BCUT2D eigenvalue weighted by molar-refractivity contribution is -0.192. The molecule has 0 aliphatic carbocycles. The third-order valence-corrected chi connectivity index (χ3v) is 7.58. The molecule has 3 aromatic carbocycles. The number of halogens is 4. The van der Waals surface area contributed by atoms with Crippen LogP contribution in [-0.4, -0.2) is 77.7 Å². The Labute approximate surface area is 263 Å². The van der Waals surface area contributed by atoms with Crippen LogP contribution < -0.4 is 4.74 Å². The molecule has 0 spiro atoms. The lowest BCUT2D eigenvalue weighted by Crippen LogP contribution is -2.54. The average molecular weight is 643 g/mol. The molecule has 2 unspecified atom stereocenters. The van der Waals surface area contributed by atoms with E-state index in [2.05, 4.69) is 6.07 Å². The lowest BCUT2D eigenvalue weighted by Gasteiger charge is -2.38. The summed E-state index contributed by atoms with van der Waals surface area (Å²) in [6.45, 7) is 4.36. The highest BCUT2D eigenvalue weighted by molar-refractivity contribution is 5.93. The largest absolute Gasteiger partial charge is 0.495 e. The predicted molar refractivity (Wildman–Crippen MR) is 160 cm³/mol. The van der Waals surface area contributed by atoms with E-state index in [0.29, 0.717) is 21.2 Å². The molecule has 244 valence electrons. The Morgan fingerprint density at radius 1 is 1.09 bits per heavy atom. The van der Waals surface area contributed by atoms with Crippen molar-refractivity contribution >= 4 is 28.7 Å². The molecule has 1 fully saturated rings. The fourth-order valence-electron chi connectivity index (χ4n) is 5.57. The molecule has 3 amide bonds. The normalized spacial score (nSPS) is 15.7. The number of likely N-dealkylation sites (tertiary alicyclic amines) is 1. The third kappa shape index (κ3) is 7.33. The predicted octanol–water partition coefficient (Wildman–Crippen LogP) is 5.96. The van der Waals surface area contributed by atoms with Gasteiger partial charge in [0, 0.05) is 32.2 Å². The standard InChI is InChI=1S/C33H34F4N4O5/c1-32(2,3)46-31(44)40-15-14-24(18-40)41(30(43)33(35,36)37)27(20-10-12-23(34)13-11-20)29(42)39(4)19-26-25-9-7-6-8-21(25)16-22(17-38)28(26)45-5/h6-13,16,24,27H,14-15,18-19H2,1-5H3. The second-order valence-electron chi connectivity index (χ2n) is 12.0. The van der Waals surface area contributed by atoms with Crippen molar-refractivity contribution in [3.63, 3.8) is 0 Å². The molecular formula is C33H34F4N4O5. The van der Waals surface area contributed by atoms with Crippen molar-refractivity contribution in [1.29, 1.82) is 5.26 Å². The van der Waals surface area contributed by atoms with E-state index < -0.39 is 47.6 Å². The smallest absolute Gasteiger partial charge is 0.471 e. The first-order chi connectivity index (χ1) is 21.6. The van der Waals surface area contributed by atoms with Crippen LogP contribution in [-0.2, 0) is 20.9 Å². The van der Waals surface area contributed by atoms with Crippen molar-refractivity contribution in [2.75, 3.05) is 27.2 Å². The van der Waals surface area contributed by atoms with Gasteiger partial charge in [0.1, 0.15) is 29.3 Å². The minimum Gasteiger partial charge on any atom is -0.495 e. The number of ether oxygens (including phenoxy) is 2. The van der Waals surface area contributed by atoms with Gasteiger partial charge in [0.15, 0.2) is 0 Å². The van der Waals surface area contributed by atoms with E-state index in [1.54, 1.807) is 51.1 Å². The van der Waals surface area contributed by atoms with Crippen molar-refractivity contribution in [3.8, 4) is 11.8 Å². The van der Waals surface area contributed by atoms with Gasteiger partial charge in [0.2, 0.25) is 5.91 Å². The number of benzene rings is 3. The molecule has 1 saturated heterocycles. The minimum absolute atomic E-state index is 0.0223. The van der Waals surface area contributed by atoms with Gasteiger partial charge in [-0.1, -0.05) is 36.4 Å². The summed E-state index contributed by atoms with van der Waals surface area (Å²) in [4.78, 5) is 43.0. The molecule has 1 aliphatic heterocycles. The van der Waals surface area contributed by atoms with Gasteiger partial charge < -0.3 is 24.2 Å². The number of rotatable bonds is 7. The number of nitriles is 1. The highest BCUT2D eigenvalue weighted by atomic mass is 19.4. The van der Waals surface area contributed by atoms with Crippen molar-refractivity contribution in [3.05, 3.63) is 77.1 Å². The van der Waals surface area contributed by atoms with Crippen LogP contribution in [0.1, 0.15) is 49.9 Å². The summed E-state index contributed by atoms with van der Waals surface area (Å²) in [5.74, 6) is -3.70. The zero-order chi connectivity index (χ0) is 34.0. The number of likely N-dealkylation sites (N-methyl/N-ethyl adjacent to an activating group) is 1. The van der Waals surface area contributed by atoms with Gasteiger partial charge >= 0.3 is 18.2 Å². The molecule has 0 N–H and O–H groups in total. The van der Waals surface area contributed by atoms with Crippen LogP contribution in [0.5, 0.6) is 5.75 Å². The SMILES string of the molecule is COc1c(C#N)cc2ccccc2c1CN(C)C(=O)C(c1ccc(F)cc1)N(C(=O)C(F)(F)F)C1CCN(C(=O)OC(C)(C)C)C1. The highest BCUT2D eigenvalue weighted by Crippen LogP contribution is 2.36. The number of hydrogen-bond acceptors (Lipinski definition) is 6. The first-order valence-corrected chi connectivity index (χ1v) is 14.4. The maximum atomic E-state index is 14.3. The Morgan fingerprint density at radius 2 is 1.74 bits per heavy atom. The van der Waals surface area contributed by atoms with Crippen molar-refractivity contribution in [1.82, 2.24) is 14.7 Å². The van der Waals surface area contributed by atoms with Crippen molar-refractivity contribution < 1.29 is 41.4 Å². The number of nitrogens with zero attached hydrogens (tertiary/aromatic N) is 4. The van der Waals surface area contributed by atoms with Gasteiger partial charge in [0.25, 0.3) is 0 Å². The maximum Gasteiger partial charge on any atom is 0.471 e. The maximum absolute atomic E-state index is 14.3. The molecule has 4 rings (SSSR count). The zero-order valence-corrected chi connectivity index (χ0v) is 26.0. The Bertz CT molecular complexity index is 1660. The summed E-state index contributed by atoms with van der Waals surface area (Å²) in [5.41, 5.74) is -0.319. The van der Waals surface area contributed by atoms with Crippen LogP contribution in [0.2, 0.25) is 0 Å². The summed E-state index contributed by atoms with van der Waals surface area (Å²) in [5, 5.41) is 11.1. The molecule has 3 aromatic rings. The highest BCUT2D eigenvalue weighted by Gasteiger charge is 2.51. The van der Waals surface area contributed by atoms with Crippen molar-refractivity contribution in [2.24, 2.45) is 0 Å². The first-order valence-electron chi connectivity index (χ1n) is 14.4. The summed E-state index contributed by atoms with van der Waals surface area (Å²) in [7, 11) is 2.71. The monoisotopic (exact) mass is 642 g/mol. The number of fused-ring (bicyclic) bond motifs is 1. The van der Waals surface area contributed by atoms with Gasteiger partial charge in [-0.3, -0.25) is 9.59 Å². The van der Waals surface area contributed by atoms with E-state index in [0.717, 1.165) is 29.2 Å². The average Bonchev–Trinajstić information content (AvgIpc) is 3.48. The lowest BCUT2D eigenvalue weighted by atomic mass is 9.97. The molecule has 1 aliphatic rings. The number of alkyl halides is 3. The number of methoxy groups -OCH3 is 1. The Kier molecular flexibility index (Phi) is 9.80. The van der Waals surface area contributed by atoms with Crippen LogP contribution in [0.3, 0.4) is 0 Å². The van der Waals surface area contributed by atoms with Gasteiger partial charge in [-0.25, -0.2) is 9.18 Å². The molecule has 0 bridgehead atoms. The van der Waals surface area contributed by atoms with Gasteiger partial charge in [-0.2, -0.15) is 18.4 Å². The van der Waals surface area contributed by atoms with E-state index >= 15 is 0 Å². The molecule has 0 aromatic heterocycles. The summed E-state index contributed by atoms with van der Waals surface area (Å²) in [6, 6.07) is 11.9. The van der Waals surface area contributed by atoms with Crippen LogP contribution in [0.25, 0.3) is 10.8 Å². The van der Waals surface area contributed by atoms with Crippen LogP contribution in [0.15, 0.2) is 54.6 Å². The number of carbonyl (C=O) groups excluding carboxylic acids is 3. The van der Waals surface area contributed by atoms with E-state index in [4.69, 9.17) is 9.47 Å². The van der Waals surface area contributed by atoms with Crippen molar-refractivity contribution in [2.45, 2.75) is 57.6 Å². The number of carbonyl (C=O) groups is 3. The zero-order valence-electron chi connectivity index (χ0n) is 26.0. The fraction of sp³-hybridized carbons (Fsp3) is 0.394. The van der Waals surface area contributed by atoms with Crippen LogP contribution in [0.4, 0.5) is 22.4 Å². The second kappa shape index (κ2) is 13.2. The van der Waals surface area contributed by atoms with E-state index in [1.165, 1.54) is 19.1 Å². The van der Waals surface area contributed by atoms with Crippen LogP contribution in [0, 0.1) is 17.1 Å². The Balaban J connectivity index is 1.79. The second-order valence-corrected chi connectivity index (χ2v) is 12.0. The van der Waals surface area contributed by atoms with E-state index in [1.807, 2.05) is 0 Å². The molecule has 1 heterocycles. The molecule has 0 radical (unpaired) electrons. The number of amides is 3. The van der Waals surface area contributed by atoms with Crippen LogP contribution >= 0.6 is 0 Å². The summed E-state index contributed by atoms with van der Waals surface area (Å²) in [6.07, 6.45) is -6.22. The Hall–Kier alpha value is -4.86. The Morgan fingerprint density at radius 3 is 2.33 bits per heavy atom. The topological polar surface area (TPSA) is 103 Å². The van der Waals surface area contributed by atoms with Gasteiger partial charge in [0.05, 0.1) is 18.7 Å². The van der Waals surface area contributed by atoms with Gasteiger partial charge in [-0.15, -0.1) is 0 Å². The van der Waals surface area contributed by atoms with E-state index in [-0.39, 0.29) is 42.9 Å². The molecule has 0 saturated carbocycles. The summed E-state index contributed by atoms with van der Waals surface area (Å²) >= 11 is 0. The third-order valence-electron chi connectivity index (χ3n) is 7.58. The quantitative estimate of drug-likeness (QED) is 0.295. The summed E-state index contributed by atoms with van der Waals surface area (Å²) < 4.78 is 67.5. The van der Waals surface area contributed by atoms with Gasteiger partial charge in [-0.05, 0) is 61.7 Å². The first kappa shape index (κ1) is 34.0. The van der Waals surface area contributed by atoms with E-state index in [9.17, 15) is 37.2 Å². The minimum atomic E-state index is -5.38. The molecule has 13 heteroatoms. The molecule has 2 atom stereocenters. The molecule has 9 nitrogen and oxygen atoms in total. The number of hydrogen-bond donors (Lipinski definition) is 0. The molecular weight excluding hydrogens is 608 g/mol.